The first-order chi connectivity index (χ1) is 10.2. The van der Waals surface area contributed by atoms with Gasteiger partial charge in [0.2, 0.25) is 5.91 Å². The molecule has 1 aromatic rings. The normalized spacial score (nSPS) is 17.3. The summed E-state index contributed by atoms with van der Waals surface area (Å²) >= 11 is 0. The van der Waals surface area contributed by atoms with Crippen molar-refractivity contribution in [2.24, 2.45) is 0 Å². The number of amides is 1. The van der Waals surface area contributed by atoms with E-state index in [4.69, 9.17) is 0 Å². The molecule has 6 heteroatoms. The zero-order valence-electron chi connectivity index (χ0n) is 13.0. The highest BCUT2D eigenvalue weighted by Crippen LogP contribution is 2.09. The van der Waals surface area contributed by atoms with Crippen LogP contribution in [0.2, 0.25) is 0 Å². The van der Waals surface area contributed by atoms with Gasteiger partial charge in [0.15, 0.2) is 0 Å². The predicted octanol–water partition coefficient (Wildman–Crippen LogP) is 1.94. The Bertz CT molecular complexity index is 449. The average molecular weight is 330 g/mol. The lowest BCUT2D eigenvalue weighted by Gasteiger charge is -2.27. The second-order valence-electron chi connectivity index (χ2n) is 5.52. The summed E-state index contributed by atoms with van der Waals surface area (Å²) < 4.78 is 12.8. The maximum Gasteiger partial charge on any atom is 0.234 e. The molecule has 0 aromatic heterocycles. The molecule has 0 bridgehead atoms. The molecule has 1 aliphatic rings. The SMILES string of the molecule is CCCN(CC(=O)NCc1ccc(F)cc1)C1CCNC1.Cl. The van der Waals surface area contributed by atoms with E-state index in [1.54, 1.807) is 12.1 Å². The van der Waals surface area contributed by atoms with Gasteiger partial charge >= 0.3 is 0 Å². The zero-order valence-corrected chi connectivity index (χ0v) is 13.8. The van der Waals surface area contributed by atoms with E-state index in [-0.39, 0.29) is 24.1 Å². The third-order valence-electron chi connectivity index (χ3n) is 3.81. The molecule has 4 nitrogen and oxygen atoms in total. The Labute approximate surface area is 137 Å². The van der Waals surface area contributed by atoms with Crippen molar-refractivity contribution in [1.29, 1.82) is 0 Å². The van der Waals surface area contributed by atoms with E-state index in [1.165, 1.54) is 12.1 Å². The molecule has 0 spiro atoms. The number of benzene rings is 1. The minimum Gasteiger partial charge on any atom is -0.351 e. The summed E-state index contributed by atoms with van der Waals surface area (Å²) in [6.07, 6.45) is 2.15. The van der Waals surface area contributed by atoms with Crippen molar-refractivity contribution in [2.75, 3.05) is 26.2 Å². The predicted molar refractivity (Wildman–Crippen MR) is 88.6 cm³/mol. The van der Waals surface area contributed by atoms with Crippen LogP contribution in [-0.2, 0) is 11.3 Å². The van der Waals surface area contributed by atoms with Crippen LogP contribution < -0.4 is 10.6 Å². The molecule has 1 fully saturated rings. The van der Waals surface area contributed by atoms with Crippen LogP contribution in [0.25, 0.3) is 0 Å². The largest absolute Gasteiger partial charge is 0.351 e. The van der Waals surface area contributed by atoms with Crippen molar-refractivity contribution in [3.63, 3.8) is 0 Å². The van der Waals surface area contributed by atoms with Crippen molar-refractivity contribution in [3.8, 4) is 0 Å². The Kier molecular flexibility index (Phi) is 8.38. The number of nitrogens with one attached hydrogen (secondary N) is 2. The molecule has 1 saturated heterocycles. The summed E-state index contributed by atoms with van der Waals surface area (Å²) in [5.74, 6) is -0.229. The summed E-state index contributed by atoms with van der Waals surface area (Å²) in [4.78, 5) is 14.3. The van der Waals surface area contributed by atoms with Crippen LogP contribution in [0.3, 0.4) is 0 Å². The minimum absolute atomic E-state index is 0. The lowest BCUT2D eigenvalue weighted by Crippen LogP contribution is -2.44. The van der Waals surface area contributed by atoms with E-state index in [1.807, 2.05) is 0 Å². The van der Waals surface area contributed by atoms with Crippen LogP contribution in [0.1, 0.15) is 25.3 Å². The fraction of sp³-hybridized carbons (Fsp3) is 0.562. The van der Waals surface area contributed by atoms with Gasteiger partial charge in [-0.3, -0.25) is 9.69 Å². The summed E-state index contributed by atoms with van der Waals surface area (Å²) in [6, 6.07) is 6.67. The minimum atomic E-state index is -0.257. The fourth-order valence-electron chi connectivity index (χ4n) is 2.67. The molecule has 22 heavy (non-hydrogen) atoms. The van der Waals surface area contributed by atoms with Gasteiger partial charge < -0.3 is 10.6 Å². The Morgan fingerprint density at radius 3 is 2.73 bits per heavy atom. The van der Waals surface area contributed by atoms with Gasteiger partial charge in [-0.1, -0.05) is 19.1 Å². The molecule has 1 heterocycles. The lowest BCUT2D eigenvalue weighted by molar-refractivity contribution is -0.122. The second kappa shape index (κ2) is 9.77. The second-order valence-corrected chi connectivity index (χ2v) is 5.52. The molecule has 1 atom stereocenters. The van der Waals surface area contributed by atoms with Gasteiger partial charge in [0, 0.05) is 19.1 Å². The standard InChI is InChI=1S/C16H24FN3O.ClH/c1-2-9-20(15-7-8-18-11-15)12-16(21)19-10-13-3-5-14(17)6-4-13;/h3-6,15,18H,2,7-12H2,1H3,(H,19,21);1H. The molecule has 1 amide bonds. The Morgan fingerprint density at radius 2 is 2.14 bits per heavy atom. The zero-order chi connectivity index (χ0) is 15.1. The van der Waals surface area contributed by atoms with Gasteiger partial charge in [-0.15, -0.1) is 12.4 Å². The fourth-order valence-corrected chi connectivity index (χ4v) is 2.67. The highest BCUT2D eigenvalue weighted by Gasteiger charge is 2.23. The lowest BCUT2D eigenvalue weighted by atomic mass is 10.2. The number of rotatable bonds is 7. The van der Waals surface area contributed by atoms with Crippen molar-refractivity contribution in [1.82, 2.24) is 15.5 Å². The molecule has 1 unspecified atom stereocenters. The molecule has 0 saturated carbocycles. The number of hydrogen-bond donors (Lipinski definition) is 2. The van der Waals surface area contributed by atoms with Gasteiger partial charge in [-0.2, -0.15) is 0 Å². The molecule has 0 aliphatic carbocycles. The van der Waals surface area contributed by atoms with Crippen molar-refractivity contribution < 1.29 is 9.18 Å². The number of carbonyl (C=O) groups excluding carboxylic acids is 1. The van der Waals surface area contributed by atoms with E-state index < -0.39 is 0 Å². The van der Waals surface area contributed by atoms with Crippen LogP contribution >= 0.6 is 12.4 Å². The quantitative estimate of drug-likeness (QED) is 0.803. The highest BCUT2D eigenvalue weighted by molar-refractivity contribution is 5.85. The Morgan fingerprint density at radius 1 is 1.41 bits per heavy atom. The molecular weight excluding hydrogens is 305 g/mol. The van der Waals surface area contributed by atoms with Gasteiger partial charge in [0.1, 0.15) is 5.82 Å². The van der Waals surface area contributed by atoms with Gasteiger partial charge in [-0.25, -0.2) is 4.39 Å². The Hall–Kier alpha value is -1.17. The first-order valence-electron chi connectivity index (χ1n) is 7.65. The topological polar surface area (TPSA) is 44.4 Å². The third kappa shape index (κ3) is 5.91. The average Bonchev–Trinajstić information content (AvgIpc) is 3.00. The summed E-state index contributed by atoms with van der Waals surface area (Å²) in [6.45, 7) is 5.94. The third-order valence-corrected chi connectivity index (χ3v) is 3.81. The van der Waals surface area contributed by atoms with Crippen molar-refractivity contribution in [3.05, 3.63) is 35.6 Å². The molecule has 1 aromatic carbocycles. The summed E-state index contributed by atoms with van der Waals surface area (Å²) in [5.41, 5.74) is 0.911. The van der Waals surface area contributed by atoms with E-state index in [0.29, 0.717) is 19.1 Å². The monoisotopic (exact) mass is 329 g/mol. The van der Waals surface area contributed by atoms with E-state index >= 15 is 0 Å². The summed E-state index contributed by atoms with van der Waals surface area (Å²) in [5, 5.41) is 6.25. The molecule has 124 valence electrons. The summed E-state index contributed by atoms with van der Waals surface area (Å²) in [7, 11) is 0. The van der Waals surface area contributed by atoms with Crippen LogP contribution in [0.4, 0.5) is 4.39 Å². The molecule has 2 N–H and O–H groups in total. The Balaban J connectivity index is 0.00000242. The maximum absolute atomic E-state index is 12.8. The van der Waals surface area contributed by atoms with E-state index in [9.17, 15) is 9.18 Å². The highest BCUT2D eigenvalue weighted by atomic mass is 35.5. The maximum atomic E-state index is 12.8. The van der Waals surface area contributed by atoms with Crippen LogP contribution in [-0.4, -0.2) is 43.0 Å². The number of hydrogen-bond acceptors (Lipinski definition) is 3. The van der Waals surface area contributed by atoms with E-state index in [0.717, 1.165) is 38.0 Å². The van der Waals surface area contributed by atoms with Crippen molar-refractivity contribution >= 4 is 18.3 Å². The molecule has 1 aliphatic heterocycles. The number of nitrogens with zero attached hydrogens (tertiary/aromatic N) is 1. The van der Waals surface area contributed by atoms with Crippen LogP contribution in [0.5, 0.6) is 0 Å². The number of carbonyl (C=O) groups is 1. The van der Waals surface area contributed by atoms with Gasteiger partial charge in [0.05, 0.1) is 6.54 Å². The number of halogens is 2. The molecule has 0 radical (unpaired) electrons. The first kappa shape index (κ1) is 18.9. The molecular formula is C16H25ClFN3O. The van der Waals surface area contributed by atoms with Crippen molar-refractivity contribution in [2.45, 2.75) is 32.4 Å². The van der Waals surface area contributed by atoms with E-state index in [2.05, 4.69) is 22.5 Å². The smallest absolute Gasteiger partial charge is 0.234 e. The van der Waals surface area contributed by atoms with Gasteiger partial charge in [0.25, 0.3) is 0 Å². The van der Waals surface area contributed by atoms with Crippen LogP contribution in [0, 0.1) is 5.82 Å². The molecule has 2 rings (SSSR count). The van der Waals surface area contributed by atoms with Gasteiger partial charge in [-0.05, 0) is 43.6 Å². The van der Waals surface area contributed by atoms with Crippen LogP contribution in [0.15, 0.2) is 24.3 Å². The first-order valence-corrected chi connectivity index (χ1v) is 7.65.